The molecule has 2 aromatic heterocycles. The molecular weight excluding hydrogens is 473 g/mol. The van der Waals surface area contributed by atoms with Gasteiger partial charge in [0.2, 0.25) is 0 Å². The highest BCUT2D eigenvalue weighted by Crippen LogP contribution is 2.40. The van der Waals surface area contributed by atoms with Crippen LogP contribution in [0.15, 0.2) is 23.0 Å². The number of aryl methyl sites for hydroxylation is 1. The van der Waals surface area contributed by atoms with Crippen molar-refractivity contribution in [3.8, 4) is 11.4 Å². The van der Waals surface area contributed by atoms with E-state index in [0.717, 1.165) is 0 Å². The molecule has 11 heteroatoms. The number of hydrogen-bond donors (Lipinski definition) is 3. The number of hydrogen-bond acceptors (Lipinski definition) is 8. The Balaban J connectivity index is 1.71. The fraction of sp³-hybridized carbons (Fsp3) is 0.360. The quantitative estimate of drug-likeness (QED) is 0.354. The molecular formula is C25H24FN3O7. The molecule has 3 N–H and O–H groups in total. The number of aliphatic hydroxyl groups is 2. The van der Waals surface area contributed by atoms with Gasteiger partial charge in [0.25, 0.3) is 5.56 Å². The number of amides is 1. The summed E-state index contributed by atoms with van der Waals surface area (Å²) in [6, 6.07) is 4.49. The number of carbonyl (C=O) groups excluding carboxylic acids is 2. The highest BCUT2D eigenvalue weighted by atomic mass is 19.1. The average molecular weight is 497 g/mol. The van der Waals surface area contributed by atoms with Gasteiger partial charge in [0.15, 0.2) is 5.60 Å². The molecule has 1 amide bonds. The second-order valence-corrected chi connectivity index (χ2v) is 8.85. The lowest BCUT2D eigenvalue weighted by Crippen LogP contribution is -2.44. The molecule has 36 heavy (non-hydrogen) atoms. The topological polar surface area (TPSA) is 140 Å². The van der Waals surface area contributed by atoms with Crippen molar-refractivity contribution in [3.63, 3.8) is 0 Å². The van der Waals surface area contributed by atoms with Crippen LogP contribution in [0.2, 0.25) is 0 Å². The van der Waals surface area contributed by atoms with Gasteiger partial charge in [-0.3, -0.25) is 4.79 Å². The Hall–Kier alpha value is -3.83. The molecule has 1 atom stereocenters. The number of rotatable bonds is 5. The van der Waals surface area contributed by atoms with E-state index >= 15 is 0 Å². The number of aliphatic hydroxyl groups excluding tert-OH is 1. The predicted octanol–water partition coefficient (Wildman–Crippen LogP) is 1.75. The largest absolute Gasteiger partial charge is 0.458 e. The summed E-state index contributed by atoms with van der Waals surface area (Å²) in [5.41, 5.74) is 0.718. The second-order valence-electron chi connectivity index (χ2n) is 8.85. The molecule has 2 aliphatic heterocycles. The third kappa shape index (κ3) is 3.54. The van der Waals surface area contributed by atoms with E-state index in [1.54, 1.807) is 26.0 Å². The van der Waals surface area contributed by atoms with Gasteiger partial charge in [0.1, 0.15) is 19.0 Å². The standard InChI is InChI=1S/C25H24FN3O7/c1-3-25(34)17-7-20-21-15(10-29(20)22(31)16(17)11-36-23(25)32)14(9-27-24(33)35-5-4-30)13-6-12(2)18(26)8-19(13)28-21/h6-8,30,34H,3-5,9-11H2,1-2H3,(H,27,33). The van der Waals surface area contributed by atoms with Crippen LogP contribution >= 0.6 is 0 Å². The van der Waals surface area contributed by atoms with E-state index in [-0.39, 0.29) is 50.5 Å². The number of ether oxygens (including phenoxy) is 2. The summed E-state index contributed by atoms with van der Waals surface area (Å²) in [6.45, 7) is 2.61. The molecule has 2 aliphatic rings. The van der Waals surface area contributed by atoms with Gasteiger partial charge in [0.05, 0.1) is 35.6 Å². The van der Waals surface area contributed by atoms with Crippen molar-refractivity contribution >= 4 is 23.0 Å². The minimum atomic E-state index is -1.97. The molecule has 0 aliphatic carbocycles. The van der Waals surface area contributed by atoms with Crippen LogP contribution in [-0.2, 0) is 39.6 Å². The molecule has 0 radical (unpaired) electrons. The van der Waals surface area contributed by atoms with Gasteiger partial charge in [-0.05, 0) is 36.6 Å². The van der Waals surface area contributed by atoms with E-state index < -0.39 is 29.0 Å². The predicted molar refractivity (Wildman–Crippen MR) is 124 cm³/mol. The van der Waals surface area contributed by atoms with E-state index in [1.165, 1.54) is 10.6 Å². The van der Waals surface area contributed by atoms with Crippen molar-refractivity contribution in [2.75, 3.05) is 13.2 Å². The molecule has 10 nitrogen and oxygen atoms in total. The molecule has 1 aromatic carbocycles. The zero-order chi connectivity index (χ0) is 25.8. The third-order valence-corrected chi connectivity index (χ3v) is 6.82. The number of alkyl carbamates (subject to hydrolysis) is 1. The Bertz CT molecular complexity index is 1500. The van der Waals surface area contributed by atoms with Gasteiger partial charge < -0.3 is 29.6 Å². The Morgan fingerprint density at radius 1 is 1.31 bits per heavy atom. The van der Waals surface area contributed by atoms with Crippen LogP contribution in [0.3, 0.4) is 0 Å². The molecule has 0 bridgehead atoms. The molecule has 0 saturated carbocycles. The lowest BCUT2D eigenvalue weighted by atomic mass is 9.86. The first kappa shape index (κ1) is 23.9. The van der Waals surface area contributed by atoms with Gasteiger partial charge in [-0.25, -0.2) is 19.0 Å². The van der Waals surface area contributed by atoms with E-state index in [2.05, 4.69) is 10.3 Å². The van der Waals surface area contributed by atoms with Gasteiger partial charge in [-0.2, -0.15) is 0 Å². The Morgan fingerprint density at radius 3 is 2.81 bits per heavy atom. The first-order valence-electron chi connectivity index (χ1n) is 11.5. The van der Waals surface area contributed by atoms with Crippen molar-refractivity contribution in [2.24, 2.45) is 0 Å². The maximum absolute atomic E-state index is 14.5. The fourth-order valence-electron chi connectivity index (χ4n) is 4.84. The van der Waals surface area contributed by atoms with Gasteiger partial charge in [-0.15, -0.1) is 0 Å². The first-order valence-corrected chi connectivity index (χ1v) is 11.5. The van der Waals surface area contributed by atoms with Crippen LogP contribution in [0.4, 0.5) is 9.18 Å². The van der Waals surface area contributed by atoms with Crippen molar-refractivity contribution in [1.82, 2.24) is 14.9 Å². The number of nitrogens with one attached hydrogen (secondary N) is 1. The smallest absolute Gasteiger partial charge is 0.407 e. The SMILES string of the molecule is CCC1(O)C(=O)OCc2c1cc1n(c2=O)Cc2c-1nc1cc(F)c(C)cc1c2CNC(=O)OCCO. The molecule has 188 valence electrons. The Morgan fingerprint density at radius 2 is 2.08 bits per heavy atom. The van der Waals surface area contributed by atoms with Crippen LogP contribution in [0.1, 0.15) is 41.2 Å². The molecule has 0 fully saturated rings. The van der Waals surface area contributed by atoms with Crippen LogP contribution in [0.5, 0.6) is 0 Å². The van der Waals surface area contributed by atoms with Crippen LogP contribution in [-0.4, -0.2) is 45.0 Å². The molecule has 3 aromatic rings. The lowest BCUT2D eigenvalue weighted by molar-refractivity contribution is -0.172. The number of nitrogens with zero attached hydrogens (tertiary/aromatic N) is 2. The minimum absolute atomic E-state index is 0.000362. The zero-order valence-corrected chi connectivity index (χ0v) is 19.7. The van der Waals surface area contributed by atoms with Gasteiger partial charge in [-0.1, -0.05) is 6.92 Å². The van der Waals surface area contributed by atoms with Gasteiger partial charge in [0, 0.05) is 29.1 Å². The van der Waals surface area contributed by atoms with Crippen molar-refractivity contribution < 1.29 is 33.7 Å². The van der Waals surface area contributed by atoms with Crippen molar-refractivity contribution in [2.45, 2.75) is 45.6 Å². The van der Waals surface area contributed by atoms with Crippen molar-refractivity contribution in [3.05, 3.63) is 62.2 Å². The monoisotopic (exact) mass is 497 g/mol. The van der Waals surface area contributed by atoms with Crippen LogP contribution < -0.4 is 10.9 Å². The summed E-state index contributed by atoms with van der Waals surface area (Å²) in [5.74, 6) is -1.28. The van der Waals surface area contributed by atoms with Crippen LogP contribution in [0.25, 0.3) is 22.3 Å². The minimum Gasteiger partial charge on any atom is -0.458 e. The Labute approximate surface area is 204 Å². The zero-order valence-electron chi connectivity index (χ0n) is 19.7. The number of pyridine rings is 2. The second kappa shape index (κ2) is 8.68. The summed E-state index contributed by atoms with van der Waals surface area (Å²) in [7, 11) is 0. The van der Waals surface area contributed by atoms with E-state index in [0.29, 0.717) is 39.0 Å². The highest BCUT2D eigenvalue weighted by molar-refractivity contribution is 5.90. The number of halogens is 1. The highest BCUT2D eigenvalue weighted by Gasteiger charge is 2.45. The van der Waals surface area contributed by atoms with Crippen LogP contribution in [0, 0.1) is 12.7 Å². The summed E-state index contributed by atoms with van der Waals surface area (Å²) < 4.78 is 25.9. The van der Waals surface area contributed by atoms with E-state index in [4.69, 9.17) is 14.6 Å². The lowest BCUT2D eigenvalue weighted by Gasteiger charge is -2.31. The first-order chi connectivity index (χ1) is 17.2. The van der Waals surface area contributed by atoms with Crippen molar-refractivity contribution in [1.29, 1.82) is 0 Å². The summed E-state index contributed by atoms with van der Waals surface area (Å²) in [4.78, 5) is 42.5. The molecule has 5 rings (SSSR count). The normalized spacial score (nSPS) is 17.9. The summed E-state index contributed by atoms with van der Waals surface area (Å²) in [6.07, 6.45) is -0.733. The fourth-order valence-corrected chi connectivity index (χ4v) is 4.84. The third-order valence-electron chi connectivity index (χ3n) is 6.82. The maximum atomic E-state index is 14.5. The molecule has 4 heterocycles. The average Bonchev–Trinajstić information content (AvgIpc) is 3.22. The number of cyclic esters (lactones) is 1. The number of fused-ring (bicyclic) bond motifs is 5. The number of aromatic nitrogens is 2. The van der Waals surface area contributed by atoms with E-state index in [1.807, 2.05) is 0 Å². The molecule has 1 unspecified atom stereocenters. The number of carbonyl (C=O) groups is 2. The summed E-state index contributed by atoms with van der Waals surface area (Å²) in [5, 5.41) is 23.2. The molecule has 0 saturated heterocycles. The van der Waals surface area contributed by atoms with E-state index in [9.17, 15) is 23.9 Å². The summed E-state index contributed by atoms with van der Waals surface area (Å²) >= 11 is 0. The Kier molecular flexibility index (Phi) is 5.76. The van der Waals surface area contributed by atoms with Gasteiger partial charge >= 0.3 is 12.1 Å². The number of benzene rings is 1. The number of esters is 1. The molecule has 0 spiro atoms. The maximum Gasteiger partial charge on any atom is 0.407 e.